The zero-order valence-electron chi connectivity index (χ0n) is 13.3. The van der Waals surface area contributed by atoms with Gasteiger partial charge in [-0.15, -0.1) is 0 Å². The maximum atomic E-state index is 12.5. The molecule has 2 aromatic carbocycles. The molecule has 3 N–H and O–H groups in total. The molecule has 2 aromatic rings. The SMILES string of the molecule is CC(=O)Nc1cc(O)ccc1[As](=O)(O)OC(=O)c1ccc([N+](=O)[O-])cc1. The van der Waals surface area contributed by atoms with Crippen molar-refractivity contribution in [2.24, 2.45) is 0 Å². The number of benzene rings is 2. The van der Waals surface area contributed by atoms with Gasteiger partial charge in [-0.25, -0.2) is 0 Å². The van der Waals surface area contributed by atoms with Gasteiger partial charge in [-0.1, -0.05) is 0 Å². The van der Waals surface area contributed by atoms with Gasteiger partial charge in [0.05, 0.1) is 0 Å². The van der Waals surface area contributed by atoms with E-state index in [2.05, 4.69) is 5.32 Å². The minimum atomic E-state index is -5.45. The van der Waals surface area contributed by atoms with E-state index in [-0.39, 0.29) is 27.0 Å². The predicted molar refractivity (Wildman–Crippen MR) is 89.2 cm³/mol. The third-order valence-electron chi connectivity index (χ3n) is 3.12. The molecule has 0 saturated heterocycles. The van der Waals surface area contributed by atoms with Crippen LogP contribution in [0.1, 0.15) is 17.3 Å². The zero-order valence-corrected chi connectivity index (χ0v) is 15.2. The van der Waals surface area contributed by atoms with Gasteiger partial charge in [-0.05, 0) is 0 Å². The number of nitrogens with zero attached hydrogens (tertiary/aromatic N) is 1. The average Bonchev–Trinajstić information content (AvgIpc) is 2.53. The molecular weight excluding hydrogens is 411 g/mol. The van der Waals surface area contributed by atoms with Crippen LogP contribution in [-0.2, 0) is 12.3 Å². The molecule has 0 saturated carbocycles. The van der Waals surface area contributed by atoms with Gasteiger partial charge in [0.15, 0.2) is 0 Å². The molecule has 2 rings (SSSR count). The van der Waals surface area contributed by atoms with Crippen LogP contribution in [-0.4, -0.2) is 40.2 Å². The van der Waals surface area contributed by atoms with Crippen molar-refractivity contribution >= 4 is 41.8 Å². The number of phenols is 1. The molecule has 11 heteroatoms. The normalized spacial score (nSPS) is 12.7. The zero-order chi connectivity index (χ0) is 19.5. The summed E-state index contributed by atoms with van der Waals surface area (Å²) in [6, 6.07) is 7.47. The fourth-order valence-corrected chi connectivity index (χ4v) is 4.34. The van der Waals surface area contributed by atoms with Gasteiger partial charge in [-0.3, -0.25) is 0 Å². The van der Waals surface area contributed by atoms with E-state index in [1.807, 2.05) is 0 Å². The van der Waals surface area contributed by atoms with E-state index in [1.54, 1.807) is 0 Å². The van der Waals surface area contributed by atoms with Crippen molar-refractivity contribution in [3.8, 4) is 5.75 Å². The Hall–Kier alpha value is -3.10. The monoisotopic (exact) mass is 424 g/mol. The summed E-state index contributed by atoms with van der Waals surface area (Å²) >= 11 is -5.45. The molecule has 1 atom stereocenters. The van der Waals surface area contributed by atoms with Crippen molar-refractivity contribution in [1.29, 1.82) is 0 Å². The topological polar surface area (TPSA) is 156 Å². The number of anilines is 1. The molecule has 0 aromatic heterocycles. The number of aromatic hydroxyl groups is 1. The molecular formula is C15H13AsN2O8. The second kappa shape index (κ2) is 7.42. The van der Waals surface area contributed by atoms with Crippen molar-refractivity contribution in [3.63, 3.8) is 0 Å². The molecule has 0 radical (unpaired) electrons. The molecule has 0 bridgehead atoms. The molecule has 0 aliphatic heterocycles. The Bertz CT molecular complexity index is 926. The third kappa shape index (κ3) is 4.50. The number of hydrogen-bond donors (Lipinski definition) is 3. The van der Waals surface area contributed by atoms with Crippen LogP contribution in [0.2, 0.25) is 0 Å². The van der Waals surface area contributed by atoms with Crippen molar-refractivity contribution in [2.45, 2.75) is 6.92 Å². The maximum absolute atomic E-state index is 12.5. The Morgan fingerprint density at radius 2 is 1.81 bits per heavy atom. The quantitative estimate of drug-likeness (QED) is 0.360. The van der Waals surface area contributed by atoms with E-state index >= 15 is 0 Å². The summed E-state index contributed by atoms with van der Waals surface area (Å²) in [6.07, 6.45) is 0. The molecule has 0 spiro atoms. The molecule has 136 valence electrons. The van der Waals surface area contributed by atoms with Crippen LogP contribution in [0.15, 0.2) is 42.5 Å². The van der Waals surface area contributed by atoms with E-state index in [4.69, 9.17) is 3.73 Å². The number of amides is 1. The number of carbonyl (C=O) groups excluding carboxylic acids is 2. The van der Waals surface area contributed by atoms with E-state index in [0.717, 1.165) is 49.4 Å². The van der Waals surface area contributed by atoms with Gasteiger partial charge in [0.1, 0.15) is 0 Å². The Morgan fingerprint density at radius 3 is 2.35 bits per heavy atom. The Morgan fingerprint density at radius 1 is 1.19 bits per heavy atom. The first kappa shape index (κ1) is 19.2. The van der Waals surface area contributed by atoms with Crippen LogP contribution in [0.5, 0.6) is 5.75 Å². The number of carbonyl (C=O) groups is 2. The summed E-state index contributed by atoms with van der Waals surface area (Å²) in [4.78, 5) is 33.2. The van der Waals surface area contributed by atoms with Crippen LogP contribution < -0.4 is 9.67 Å². The standard InChI is InChI=1S/C15H13AsN2O8/c1-9(19)17-14-8-12(20)6-7-13(14)16(22,23)26-15(21)10-2-4-11(5-3-10)18(24)25/h2-8,20H,1H3,(H,17,19)(H,22,23). The number of non-ortho nitro benzene ring substituents is 1. The van der Waals surface area contributed by atoms with Crippen LogP contribution >= 0.6 is 0 Å². The Balaban J connectivity index is 2.30. The van der Waals surface area contributed by atoms with Gasteiger partial charge >= 0.3 is 149 Å². The first-order chi connectivity index (χ1) is 12.1. The fraction of sp³-hybridized carbons (Fsp3) is 0.0667. The predicted octanol–water partition coefficient (Wildman–Crippen LogP) is 0.684. The van der Waals surface area contributed by atoms with Gasteiger partial charge in [0, 0.05) is 0 Å². The van der Waals surface area contributed by atoms with Gasteiger partial charge in [-0.2, -0.15) is 0 Å². The number of nitrogens with one attached hydrogen (secondary N) is 1. The van der Waals surface area contributed by atoms with E-state index in [9.17, 15) is 32.6 Å². The number of rotatable bonds is 5. The Labute approximate surface area is 149 Å². The van der Waals surface area contributed by atoms with Crippen molar-refractivity contribution in [1.82, 2.24) is 0 Å². The summed E-state index contributed by atoms with van der Waals surface area (Å²) in [7, 11) is 0. The van der Waals surface area contributed by atoms with Gasteiger partial charge in [0.25, 0.3) is 0 Å². The van der Waals surface area contributed by atoms with Crippen LogP contribution in [0.25, 0.3) is 0 Å². The molecule has 1 amide bonds. The van der Waals surface area contributed by atoms with Crippen molar-refractivity contribution < 1.29 is 31.2 Å². The minimum absolute atomic E-state index is 0.161. The van der Waals surface area contributed by atoms with Crippen molar-refractivity contribution in [2.75, 3.05) is 5.32 Å². The third-order valence-corrected chi connectivity index (χ3v) is 6.08. The first-order valence-electron chi connectivity index (χ1n) is 7.02. The summed E-state index contributed by atoms with van der Waals surface area (Å²) < 4.78 is 27.1. The van der Waals surface area contributed by atoms with Crippen LogP contribution in [0, 0.1) is 10.1 Å². The number of nitro groups is 1. The van der Waals surface area contributed by atoms with E-state index in [1.165, 1.54) is 0 Å². The number of nitro benzene ring substituents is 1. The van der Waals surface area contributed by atoms with Crippen molar-refractivity contribution in [3.05, 3.63) is 58.1 Å². The van der Waals surface area contributed by atoms with Crippen LogP contribution in [0.4, 0.5) is 11.4 Å². The summed E-state index contributed by atoms with van der Waals surface area (Å²) in [6.45, 7) is 1.16. The van der Waals surface area contributed by atoms with E-state index < -0.39 is 31.0 Å². The fourth-order valence-electron chi connectivity index (χ4n) is 1.99. The molecule has 1 unspecified atom stereocenters. The van der Waals surface area contributed by atoms with Gasteiger partial charge < -0.3 is 0 Å². The van der Waals surface area contributed by atoms with Gasteiger partial charge in [0.2, 0.25) is 0 Å². The number of hydrogen-bond acceptors (Lipinski definition) is 7. The molecule has 10 nitrogen and oxygen atoms in total. The summed E-state index contributed by atoms with van der Waals surface area (Å²) in [5.41, 5.74) is -0.587. The second-order valence-corrected chi connectivity index (χ2v) is 8.66. The molecule has 26 heavy (non-hydrogen) atoms. The number of phenolic OH excluding ortho intramolecular Hbond substituents is 1. The molecule has 0 aliphatic carbocycles. The Kier molecular flexibility index (Phi) is 5.49. The molecule has 0 heterocycles. The molecule has 0 fully saturated rings. The summed E-state index contributed by atoms with van der Waals surface area (Å²) in [5.74, 6) is -1.99. The average molecular weight is 424 g/mol. The summed E-state index contributed by atoms with van der Waals surface area (Å²) in [5, 5.41) is 22.3. The van der Waals surface area contributed by atoms with Crippen LogP contribution in [0.3, 0.4) is 0 Å². The molecule has 0 aliphatic rings. The first-order valence-corrected chi connectivity index (χ1v) is 10.3. The second-order valence-electron chi connectivity index (χ2n) is 5.09. The van der Waals surface area contributed by atoms with E-state index in [0.29, 0.717) is 0 Å².